The molecule has 2 aromatic carbocycles. The van der Waals surface area contributed by atoms with Crippen LogP contribution >= 0.6 is 35.0 Å². The van der Waals surface area contributed by atoms with Gasteiger partial charge in [0.1, 0.15) is 0 Å². The molecule has 0 aliphatic rings. The Morgan fingerprint density at radius 3 is 2.14 bits per heavy atom. The molecule has 0 fully saturated rings. The van der Waals surface area contributed by atoms with Crippen molar-refractivity contribution in [1.29, 1.82) is 0 Å². The predicted octanol–water partition coefficient (Wildman–Crippen LogP) is 4.63. The van der Waals surface area contributed by atoms with Gasteiger partial charge in [-0.05, 0) is 48.9 Å². The van der Waals surface area contributed by atoms with Crippen molar-refractivity contribution in [2.75, 3.05) is 12.3 Å². The average Bonchev–Trinajstić information content (AvgIpc) is 2.49. The van der Waals surface area contributed by atoms with Crippen molar-refractivity contribution in [3.8, 4) is 0 Å². The van der Waals surface area contributed by atoms with Gasteiger partial charge in [0.05, 0.1) is 5.60 Å². The number of hydrogen-bond donors (Lipinski definition) is 2. The van der Waals surface area contributed by atoms with Crippen LogP contribution in [0.3, 0.4) is 0 Å². The summed E-state index contributed by atoms with van der Waals surface area (Å²) in [6.07, 6.45) is 0. The molecule has 0 bridgehead atoms. The maximum Gasteiger partial charge on any atom is 0.0837 e. The summed E-state index contributed by atoms with van der Waals surface area (Å²) < 4.78 is 0. The molecule has 0 aliphatic carbocycles. The molecule has 0 aromatic heterocycles. The van der Waals surface area contributed by atoms with Crippen molar-refractivity contribution >= 4 is 35.0 Å². The summed E-state index contributed by atoms with van der Waals surface area (Å²) >= 11 is 13.3. The average molecular weight is 356 g/mol. The molecule has 5 heteroatoms. The van der Waals surface area contributed by atoms with E-state index in [1.54, 1.807) is 11.8 Å². The Hall–Kier alpha value is -0.710. The van der Waals surface area contributed by atoms with Crippen LogP contribution in [0.2, 0.25) is 10.0 Å². The van der Waals surface area contributed by atoms with E-state index in [9.17, 15) is 5.11 Å². The number of halogens is 2. The molecule has 2 rings (SSSR count). The van der Waals surface area contributed by atoms with Crippen molar-refractivity contribution in [2.45, 2.75) is 24.0 Å². The van der Waals surface area contributed by atoms with E-state index in [0.29, 0.717) is 18.8 Å². The third kappa shape index (κ3) is 6.19. The maximum atomic E-state index is 10.4. The smallest absolute Gasteiger partial charge is 0.0837 e. The Kier molecular flexibility index (Phi) is 6.60. The van der Waals surface area contributed by atoms with Crippen molar-refractivity contribution in [2.24, 2.45) is 0 Å². The molecule has 1 atom stereocenters. The summed E-state index contributed by atoms with van der Waals surface area (Å²) in [5, 5.41) is 15.2. The van der Waals surface area contributed by atoms with E-state index < -0.39 is 5.60 Å². The fourth-order valence-corrected chi connectivity index (χ4v) is 3.06. The van der Waals surface area contributed by atoms with Gasteiger partial charge in [-0.1, -0.05) is 35.3 Å². The van der Waals surface area contributed by atoms with Gasteiger partial charge in [-0.3, -0.25) is 0 Å². The maximum absolute atomic E-state index is 10.4. The first kappa shape index (κ1) is 17.6. The predicted molar refractivity (Wildman–Crippen MR) is 96.0 cm³/mol. The van der Waals surface area contributed by atoms with E-state index in [-0.39, 0.29) is 0 Å². The fraction of sp³-hybridized carbons (Fsp3) is 0.294. The molecule has 0 heterocycles. The van der Waals surface area contributed by atoms with E-state index >= 15 is 0 Å². The zero-order valence-electron chi connectivity index (χ0n) is 12.4. The molecule has 2 aromatic rings. The zero-order valence-corrected chi connectivity index (χ0v) is 14.7. The monoisotopic (exact) mass is 355 g/mol. The van der Waals surface area contributed by atoms with Gasteiger partial charge >= 0.3 is 0 Å². The third-order valence-corrected chi connectivity index (χ3v) is 4.99. The summed E-state index contributed by atoms with van der Waals surface area (Å²) in [5.74, 6) is 0.613. The molecule has 0 amide bonds. The lowest BCUT2D eigenvalue weighted by Gasteiger charge is -2.23. The van der Waals surface area contributed by atoms with Gasteiger partial charge in [0.2, 0.25) is 0 Å². The molecule has 2 N–H and O–H groups in total. The second-order valence-electron chi connectivity index (χ2n) is 5.47. The Balaban J connectivity index is 1.75. The van der Waals surface area contributed by atoms with Crippen molar-refractivity contribution in [3.05, 3.63) is 64.1 Å². The number of aliphatic hydroxyl groups is 1. The standard InChI is InChI=1S/C17H19Cl2NOS/c1-17(21,12-22-16-8-6-15(19)7-9-16)11-20-10-13-2-4-14(18)5-3-13/h2-9,20-21H,10-12H2,1H3. The fourth-order valence-electron chi connectivity index (χ4n) is 1.90. The van der Waals surface area contributed by atoms with Crippen molar-refractivity contribution < 1.29 is 5.11 Å². The van der Waals surface area contributed by atoms with E-state index in [1.165, 1.54) is 0 Å². The van der Waals surface area contributed by atoms with Crippen LogP contribution in [0.1, 0.15) is 12.5 Å². The highest BCUT2D eigenvalue weighted by molar-refractivity contribution is 7.99. The quantitative estimate of drug-likeness (QED) is 0.710. The van der Waals surface area contributed by atoms with Crippen LogP contribution in [0, 0.1) is 0 Å². The molecule has 22 heavy (non-hydrogen) atoms. The summed E-state index contributed by atoms with van der Waals surface area (Å²) in [5.41, 5.74) is 0.363. The highest BCUT2D eigenvalue weighted by atomic mass is 35.5. The Bertz CT molecular complexity index is 585. The lowest BCUT2D eigenvalue weighted by Crippen LogP contribution is -2.39. The van der Waals surface area contributed by atoms with Gasteiger partial charge < -0.3 is 10.4 Å². The van der Waals surface area contributed by atoms with E-state index in [0.717, 1.165) is 20.5 Å². The second-order valence-corrected chi connectivity index (χ2v) is 7.39. The Morgan fingerprint density at radius 1 is 1.00 bits per heavy atom. The van der Waals surface area contributed by atoms with Gasteiger partial charge in [-0.15, -0.1) is 11.8 Å². The molecule has 1 unspecified atom stereocenters. The molecule has 0 spiro atoms. The van der Waals surface area contributed by atoms with Crippen LogP contribution in [0.5, 0.6) is 0 Å². The van der Waals surface area contributed by atoms with E-state index in [1.807, 2.05) is 55.5 Å². The lowest BCUT2D eigenvalue weighted by atomic mass is 10.1. The molecule has 118 valence electrons. The SMILES string of the molecule is CC(O)(CNCc1ccc(Cl)cc1)CSc1ccc(Cl)cc1. The topological polar surface area (TPSA) is 32.3 Å². The van der Waals surface area contributed by atoms with E-state index in [4.69, 9.17) is 23.2 Å². The van der Waals surface area contributed by atoms with Gasteiger partial charge in [-0.2, -0.15) is 0 Å². The van der Waals surface area contributed by atoms with E-state index in [2.05, 4.69) is 5.32 Å². The summed E-state index contributed by atoms with van der Waals surface area (Å²) in [7, 11) is 0. The highest BCUT2D eigenvalue weighted by Gasteiger charge is 2.20. The first-order valence-electron chi connectivity index (χ1n) is 7.00. The Morgan fingerprint density at radius 2 is 1.55 bits per heavy atom. The van der Waals surface area contributed by atoms with Crippen LogP contribution in [0.15, 0.2) is 53.4 Å². The van der Waals surface area contributed by atoms with Gasteiger partial charge in [0.15, 0.2) is 0 Å². The summed E-state index contributed by atoms with van der Waals surface area (Å²) in [6.45, 7) is 3.07. The molecule has 0 radical (unpaired) electrons. The largest absolute Gasteiger partial charge is 0.388 e. The molecule has 0 aliphatic heterocycles. The molecular formula is C17H19Cl2NOS. The minimum Gasteiger partial charge on any atom is -0.388 e. The molecule has 0 saturated carbocycles. The number of thioether (sulfide) groups is 1. The van der Waals surface area contributed by atoms with Gasteiger partial charge in [0, 0.05) is 33.8 Å². The highest BCUT2D eigenvalue weighted by Crippen LogP contribution is 2.24. The molecule has 0 saturated heterocycles. The number of hydrogen-bond acceptors (Lipinski definition) is 3. The van der Waals surface area contributed by atoms with Crippen LogP contribution in [0.4, 0.5) is 0 Å². The minimum atomic E-state index is -0.781. The lowest BCUT2D eigenvalue weighted by molar-refractivity contribution is 0.0845. The van der Waals surface area contributed by atoms with Gasteiger partial charge in [0.25, 0.3) is 0 Å². The second kappa shape index (κ2) is 8.23. The van der Waals surface area contributed by atoms with Crippen LogP contribution in [-0.2, 0) is 6.54 Å². The molecular weight excluding hydrogens is 337 g/mol. The van der Waals surface area contributed by atoms with Crippen molar-refractivity contribution in [3.63, 3.8) is 0 Å². The Labute approximate surface area is 145 Å². The summed E-state index contributed by atoms with van der Waals surface area (Å²) in [4.78, 5) is 1.10. The van der Waals surface area contributed by atoms with Crippen molar-refractivity contribution in [1.82, 2.24) is 5.32 Å². The number of nitrogens with one attached hydrogen (secondary N) is 1. The number of benzene rings is 2. The molecule has 2 nitrogen and oxygen atoms in total. The zero-order chi connectivity index (χ0) is 16.0. The van der Waals surface area contributed by atoms with Gasteiger partial charge in [-0.25, -0.2) is 0 Å². The minimum absolute atomic E-state index is 0.524. The number of rotatable bonds is 7. The van der Waals surface area contributed by atoms with Crippen LogP contribution < -0.4 is 5.32 Å². The summed E-state index contributed by atoms with van der Waals surface area (Å²) in [6, 6.07) is 15.3. The van der Waals surface area contributed by atoms with Crippen LogP contribution in [-0.4, -0.2) is 23.0 Å². The normalized spacial score (nSPS) is 13.8. The first-order valence-corrected chi connectivity index (χ1v) is 8.75. The first-order chi connectivity index (χ1) is 10.4. The van der Waals surface area contributed by atoms with Crippen LogP contribution in [0.25, 0.3) is 0 Å². The third-order valence-electron chi connectivity index (χ3n) is 3.11.